The van der Waals surface area contributed by atoms with Crippen LogP contribution in [0.15, 0.2) is 36.5 Å². The summed E-state index contributed by atoms with van der Waals surface area (Å²) >= 11 is 0. The van der Waals surface area contributed by atoms with Crippen LogP contribution in [0.5, 0.6) is 0 Å². The number of pyridine rings is 1. The van der Waals surface area contributed by atoms with Crippen molar-refractivity contribution in [2.75, 3.05) is 18.4 Å². The van der Waals surface area contributed by atoms with E-state index in [0.717, 1.165) is 42.5 Å². The molecular formula is C16H19N3O. The molecule has 4 nitrogen and oxygen atoms in total. The van der Waals surface area contributed by atoms with Gasteiger partial charge in [0, 0.05) is 11.8 Å². The fraction of sp³-hybridized carbons (Fsp3) is 0.375. The fourth-order valence-electron chi connectivity index (χ4n) is 2.70. The monoisotopic (exact) mass is 269 g/mol. The number of benzene rings is 1. The van der Waals surface area contributed by atoms with Gasteiger partial charge in [-0.25, -0.2) is 0 Å². The summed E-state index contributed by atoms with van der Waals surface area (Å²) in [7, 11) is 0. The van der Waals surface area contributed by atoms with Crippen LogP contribution >= 0.6 is 0 Å². The Morgan fingerprint density at radius 3 is 2.95 bits per heavy atom. The van der Waals surface area contributed by atoms with Crippen LogP contribution in [0.3, 0.4) is 0 Å². The normalized spacial score (nSPS) is 16.2. The van der Waals surface area contributed by atoms with E-state index in [4.69, 9.17) is 0 Å². The third kappa shape index (κ3) is 3.14. The molecule has 104 valence electrons. The van der Waals surface area contributed by atoms with Crippen molar-refractivity contribution in [3.8, 4) is 0 Å². The molecule has 1 aliphatic rings. The lowest BCUT2D eigenvalue weighted by atomic mass is 9.94. The van der Waals surface area contributed by atoms with Gasteiger partial charge in [-0.05, 0) is 44.0 Å². The highest BCUT2D eigenvalue weighted by atomic mass is 16.1. The molecule has 2 heterocycles. The van der Waals surface area contributed by atoms with Gasteiger partial charge in [0.15, 0.2) is 0 Å². The molecule has 1 saturated heterocycles. The predicted molar refractivity (Wildman–Crippen MR) is 80.6 cm³/mol. The fourth-order valence-corrected chi connectivity index (χ4v) is 2.70. The van der Waals surface area contributed by atoms with E-state index in [1.807, 2.05) is 30.3 Å². The summed E-state index contributed by atoms with van der Waals surface area (Å²) in [6.45, 7) is 2.05. The molecular weight excluding hydrogens is 250 g/mol. The van der Waals surface area contributed by atoms with E-state index < -0.39 is 0 Å². The minimum absolute atomic E-state index is 0.0916. The number of hydrogen-bond acceptors (Lipinski definition) is 3. The van der Waals surface area contributed by atoms with E-state index in [1.54, 1.807) is 6.20 Å². The maximum absolute atomic E-state index is 12.1. The summed E-state index contributed by atoms with van der Waals surface area (Å²) in [5.74, 6) is 0.596. The first-order valence-corrected chi connectivity index (χ1v) is 7.16. The molecule has 0 aliphatic carbocycles. The van der Waals surface area contributed by atoms with Crippen molar-refractivity contribution >= 4 is 22.5 Å². The Labute approximate surface area is 118 Å². The molecule has 0 atom stereocenters. The minimum Gasteiger partial charge on any atom is -0.325 e. The zero-order chi connectivity index (χ0) is 13.8. The molecule has 0 spiro atoms. The van der Waals surface area contributed by atoms with Gasteiger partial charge < -0.3 is 10.6 Å². The second-order valence-corrected chi connectivity index (χ2v) is 5.36. The molecule has 4 heteroatoms. The van der Waals surface area contributed by atoms with Gasteiger partial charge in [-0.15, -0.1) is 0 Å². The Morgan fingerprint density at radius 2 is 2.10 bits per heavy atom. The van der Waals surface area contributed by atoms with Gasteiger partial charge in [-0.1, -0.05) is 18.2 Å². The summed E-state index contributed by atoms with van der Waals surface area (Å²) < 4.78 is 0. The summed E-state index contributed by atoms with van der Waals surface area (Å²) in [6.07, 6.45) is 4.50. The predicted octanol–water partition coefficient (Wildman–Crippen LogP) is 2.56. The smallest absolute Gasteiger partial charge is 0.224 e. The Bertz CT molecular complexity index is 605. The Balaban J connectivity index is 1.64. The van der Waals surface area contributed by atoms with E-state index in [-0.39, 0.29) is 5.91 Å². The minimum atomic E-state index is 0.0916. The number of aromatic nitrogens is 1. The highest BCUT2D eigenvalue weighted by Gasteiger charge is 2.16. The molecule has 20 heavy (non-hydrogen) atoms. The molecule has 0 saturated carbocycles. The number of nitrogens with zero attached hydrogens (tertiary/aromatic N) is 1. The van der Waals surface area contributed by atoms with E-state index >= 15 is 0 Å². The molecule has 1 aromatic heterocycles. The van der Waals surface area contributed by atoms with E-state index in [1.165, 1.54) is 0 Å². The number of amides is 1. The SMILES string of the molecule is O=C(CC1CCNCC1)Nc1cnc2ccccc2c1. The van der Waals surface area contributed by atoms with Crippen molar-refractivity contribution in [1.82, 2.24) is 10.3 Å². The van der Waals surface area contributed by atoms with Crippen molar-refractivity contribution in [3.05, 3.63) is 36.5 Å². The largest absolute Gasteiger partial charge is 0.325 e. The van der Waals surface area contributed by atoms with E-state index in [0.29, 0.717) is 12.3 Å². The molecule has 3 rings (SSSR count). The molecule has 1 amide bonds. The van der Waals surface area contributed by atoms with Crippen LogP contribution in [0.4, 0.5) is 5.69 Å². The van der Waals surface area contributed by atoms with Crippen LogP contribution in [0.1, 0.15) is 19.3 Å². The van der Waals surface area contributed by atoms with Gasteiger partial charge >= 0.3 is 0 Å². The summed E-state index contributed by atoms with van der Waals surface area (Å²) in [4.78, 5) is 16.4. The maximum Gasteiger partial charge on any atom is 0.224 e. The first-order chi connectivity index (χ1) is 9.81. The third-order valence-corrected chi connectivity index (χ3v) is 3.81. The number of nitrogens with one attached hydrogen (secondary N) is 2. The highest BCUT2D eigenvalue weighted by molar-refractivity contribution is 5.93. The van der Waals surface area contributed by atoms with Gasteiger partial charge in [0.05, 0.1) is 17.4 Å². The van der Waals surface area contributed by atoms with Gasteiger partial charge in [-0.2, -0.15) is 0 Å². The number of hydrogen-bond donors (Lipinski definition) is 2. The number of fused-ring (bicyclic) bond motifs is 1. The van der Waals surface area contributed by atoms with Crippen LogP contribution in [0, 0.1) is 5.92 Å². The average molecular weight is 269 g/mol. The van der Waals surface area contributed by atoms with Crippen molar-refractivity contribution in [2.24, 2.45) is 5.92 Å². The first-order valence-electron chi connectivity index (χ1n) is 7.16. The molecule has 2 aromatic rings. The molecule has 1 aromatic carbocycles. The van der Waals surface area contributed by atoms with Crippen molar-refractivity contribution < 1.29 is 4.79 Å². The number of para-hydroxylation sites is 1. The van der Waals surface area contributed by atoms with Crippen LogP contribution in [-0.2, 0) is 4.79 Å². The molecule has 0 bridgehead atoms. The first kappa shape index (κ1) is 13.1. The number of carbonyl (C=O) groups is 1. The van der Waals surface area contributed by atoms with E-state index in [9.17, 15) is 4.79 Å². The molecule has 0 radical (unpaired) electrons. The maximum atomic E-state index is 12.1. The van der Waals surface area contributed by atoms with Crippen LogP contribution < -0.4 is 10.6 Å². The molecule has 1 aliphatic heterocycles. The lowest BCUT2D eigenvalue weighted by Gasteiger charge is -2.21. The van der Waals surface area contributed by atoms with Crippen LogP contribution in [0.25, 0.3) is 10.9 Å². The molecule has 0 unspecified atom stereocenters. The third-order valence-electron chi connectivity index (χ3n) is 3.81. The highest BCUT2D eigenvalue weighted by Crippen LogP contribution is 2.19. The second kappa shape index (κ2) is 6.01. The lowest BCUT2D eigenvalue weighted by Crippen LogP contribution is -2.30. The van der Waals surface area contributed by atoms with Crippen molar-refractivity contribution in [1.29, 1.82) is 0 Å². The molecule has 1 fully saturated rings. The van der Waals surface area contributed by atoms with E-state index in [2.05, 4.69) is 15.6 Å². The molecule has 2 N–H and O–H groups in total. The average Bonchev–Trinajstić information content (AvgIpc) is 2.48. The Morgan fingerprint density at radius 1 is 1.30 bits per heavy atom. The van der Waals surface area contributed by atoms with Gasteiger partial charge in [0.25, 0.3) is 0 Å². The Hall–Kier alpha value is -1.94. The zero-order valence-electron chi connectivity index (χ0n) is 11.4. The van der Waals surface area contributed by atoms with Gasteiger partial charge in [0.2, 0.25) is 5.91 Å². The number of carbonyl (C=O) groups excluding carboxylic acids is 1. The standard InChI is InChI=1S/C16H19N3O/c20-16(9-12-5-7-17-8-6-12)19-14-10-13-3-1-2-4-15(13)18-11-14/h1-4,10-12,17H,5-9H2,(H,19,20). The number of rotatable bonds is 3. The van der Waals surface area contributed by atoms with Crippen molar-refractivity contribution in [3.63, 3.8) is 0 Å². The summed E-state index contributed by atoms with van der Waals surface area (Å²) in [6, 6.07) is 9.89. The summed E-state index contributed by atoms with van der Waals surface area (Å²) in [5, 5.41) is 7.32. The van der Waals surface area contributed by atoms with Gasteiger partial charge in [-0.3, -0.25) is 9.78 Å². The second-order valence-electron chi connectivity index (χ2n) is 5.36. The van der Waals surface area contributed by atoms with Crippen LogP contribution in [0.2, 0.25) is 0 Å². The summed E-state index contributed by atoms with van der Waals surface area (Å²) in [5.41, 5.74) is 1.73. The topological polar surface area (TPSA) is 54.0 Å². The Kier molecular flexibility index (Phi) is 3.92. The van der Waals surface area contributed by atoms with Gasteiger partial charge in [0.1, 0.15) is 0 Å². The zero-order valence-corrected chi connectivity index (χ0v) is 11.4. The number of piperidine rings is 1. The van der Waals surface area contributed by atoms with Crippen LogP contribution in [-0.4, -0.2) is 24.0 Å². The quantitative estimate of drug-likeness (QED) is 0.900. The lowest BCUT2D eigenvalue weighted by molar-refractivity contribution is -0.117. The number of anilines is 1. The van der Waals surface area contributed by atoms with Crippen molar-refractivity contribution in [2.45, 2.75) is 19.3 Å².